The Morgan fingerprint density at radius 2 is 2.00 bits per heavy atom. The number of aryl methyl sites for hydroxylation is 1. The number of benzene rings is 1. The molecule has 0 aliphatic rings. The van der Waals surface area contributed by atoms with Gasteiger partial charge in [0.1, 0.15) is 17.8 Å². The summed E-state index contributed by atoms with van der Waals surface area (Å²) < 4.78 is 16.0. The summed E-state index contributed by atoms with van der Waals surface area (Å²) in [5.74, 6) is -0.509. The van der Waals surface area contributed by atoms with Gasteiger partial charge in [-0.15, -0.1) is 0 Å². The zero-order valence-corrected chi connectivity index (χ0v) is 14.9. The number of amides is 1. The molecule has 1 aromatic carbocycles. The fourth-order valence-corrected chi connectivity index (χ4v) is 2.69. The van der Waals surface area contributed by atoms with Crippen molar-refractivity contribution in [1.29, 1.82) is 0 Å². The molecule has 0 aliphatic carbocycles. The Morgan fingerprint density at radius 3 is 2.62 bits per heavy atom. The molecule has 0 bridgehead atoms. The Balaban J connectivity index is 1.89. The number of hydrogen-bond donors (Lipinski definition) is 0. The molecule has 1 amide bonds. The van der Waals surface area contributed by atoms with E-state index < -0.39 is 0 Å². The molecule has 0 saturated heterocycles. The Labute approximate surface area is 151 Å². The molecule has 0 atom stereocenters. The second kappa shape index (κ2) is 7.43. The maximum atomic E-state index is 14.2. The Hall–Kier alpha value is -3.09. The van der Waals surface area contributed by atoms with Gasteiger partial charge >= 0.3 is 0 Å². The molecule has 0 N–H and O–H groups in total. The molecular weight excluding hydrogens is 333 g/mol. The predicted octanol–water partition coefficient (Wildman–Crippen LogP) is 3.07. The van der Waals surface area contributed by atoms with Crippen molar-refractivity contribution in [3.8, 4) is 11.1 Å². The number of nitrogens with zero attached hydrogens (tertiary/aromatic N) is 5. The highest BCUT2D eigenvalue weighted by Crippen LogP contribution is 2.24. The fraction of sp³-hybridized carbons (Fsp3) is 0.263. The van der Waals surface area contributed by atoms with Gasteiger partial charge in [0.25, 0.3) is 5.91 Å². The highest BCUT2D eigenvalue weighted by molar-refractivity contribution is 5.92. The van der Waals surface area contributed by atoms with E-state index in [1.54, 1.807) is 46.5 Å². The van der Waals surface area contributed by atoms with Crippen LogP contribution in [-0.2, 0) is 13.6 Å². The van der Waals surface area contributed by atoms with Crippen molar-refractivity contribution in [3.05, 3.63) is 66.5 Å². The van der Waals surface area contributed by atoms with Gasteiger partial charge in [-0.25, -0.2) is 19.3 Å². The van der Waals surface area contributed by atoms with E-state index in [9.17, 15) is 9.18 Å². The first-order valence-electron chi connectivity index (χ1n) is 8.28. The maximum Gasteiger partial charge on any atom is 0.274 e. The summed E-state index contributed by atoms with van der Waals surface area (Å²) in [7, 11) is 1.82. The second-order valence-corrected chi connectivity index (χ2v) is 6.39. The lowest BCUT2D eigenvalue weighted by atomic mass is 10.0. The lowest BCUT2D eigenvalue weighted by molar-refractivity contribution is 0.0684. The molecule has 26 heavy (non-hydrogen) atoms. The molecule has 2 aromatic heterocycles. The highest BCUT2D eigenvalue weighted by atomic mass is 19.1. The molecule has 0 radical (unpaired) electrons. The average molecular weight is 353 g/mol. The number of halogens is 1. The SMILES string of the molecule is CC(C)N(Cc1ccc(F)c(-c2cncnc2)c1)C(=O)c1cn(C)cn1. The van der Waals surface area contributed by atoms with Crippen LogP contribution >= 0.6 is 0 Å². The summed E-state index contributed by atoms with van der Waals surface area (Å²) >= 11 is 0. The Bertz CT molecular complexity index is 907. The monoisotopic (exact) mass is 353 g/mol. The van der Waals surface area contributed by atoms with Crippen LogP contribution in [0.25, 0.3) is 11.1 Å². The van der Waals surface area contributed by atoms with Crippen molar-refractivity contribution >= 4 is 5.91 Å². The molecular formula is C19H20FN5O. The zero-order chi connectivity index (χ0) is 18.7. The normalized spacial score (nSPS) is 11.0. The molecule has 3 rings (SSSR count). The van der Waals surface area contributed by atoms with Crippen LogP contribution in [0.15, 0.2) is 49.4 Å². The van der Waals surface area contributed by atoms with E-state index >= 15 is 0 Å². The van der Waals surface area contributed by atoms with Gasteiger partial charge in [0.15, 0.2) is 0 Å². The summed E-state index contributed by atoms with van der Waals surface area (Å²) in [6.45, 7) is 4.24. The van der Waals surface area contributed by atoms with Gasteiger partial charge in [0.2, 0.25) is 0 Å². The number of imidazole rings is 1. The molecule has 3 aromatic rings. The first-order valence-corrected chi connectivity index (χ1v) is 8.28. The molecule has 0 saturated carbocycles. The minimum Gasteiger partial charge on any atom is -0.340 e. The van der Waals surface area contributed by atoms with Crippen LogP contribution in [0, 0.1) is 5.82 Å². The molecule has 0 fully saturated rings. The molecule has 7 heteroatoms. The van der Waals surface area contributed by atoms with Crippen molar-refractivity contribution in [3.63, 3.8) is 0 Å². The van der Waals surface area contributed by atoms with Gasteiger partial charge in [-0.2, -0.15) is 0 Å². The first kappa shape index (κ1) is 17.7. The largest absolute Gasteiger partial charge is 0.340 e. The molecule has 6 nitrogen and oxygen atoms in total. The van der Waals surface area contributed by atoms with E-state index in [1.807, 2.05) is 20.9 Å². The quantitative estimate of drug-likeness (QED) is 0.707. The van der Waals surface area contributed by atoms with Crippen LogP contribution in [0.1, 0.15) is 29.9 Å². The Morgan fingerprint density at radius 1 is 1.27 bits per heavy atom. The van der Waals surface area contributed by atoms with Crippen LogP contribution in [0.2, 0.25) is 0 Å². The topological polar surface area (TPSA) is 63.9 Å². The minimum absolute atomic E-state index is 0.0296. The third-order valence-electron chi connectivity index (χ3n) is 4.06. The van der Waals surface area contributed by atoms with Crippen LogP contribution in [0.3, 0.4) is 0 Å². The van der Waals surface area contributed by atoms with E-state index in [-0.39, 0.29) is 17.8 Å². The smallest absolute Gasteiger partial charge is 0.274 e. The second-order valence-electron chi connectivity index (χ2n) is 6.39. The maximum absolute atomic E-state index is 14.2. The van der Waals surface area contributed by atoms with Crippen LogP contribution < -0.4 is 0 Å². The standard InChI is InChI=1S/C19H20FN5O/c1-13(2)25(19(26)18-10-24(3)12-23-18)9-14-4-5-17(20)16(6-14)15-7-21-11-22-8-15/h4-8,10-13H,9H2,1-3H3. The summed E-state index contributed by atoms with van der Waals surface area (Å²) in [6.07, 6.45) is 7.81. The van der Waals surface area contributed by atoms with Crippen molar-refractivity contribution < 1.29 is 9.18 Å². The number of aromatic nitrogens is 4. The third-order valence-corrected chi connectivity index (χ3v) is 4.06. The fourth-order valence-electron chi connectivity index (χ4n) is 2.69. The number of carbonyl (C=O) groups is 1. The molecule has 0 spiro atoms. The van der Waals surface area contributed by atoms with Gasteiger partial charge in [0, 0.05) is 49.4 Å². The summed E-state index contributed by atoms with van der Waals surface area (Å²) in [4.78, 5) is 26.5. The molecule has 0 aliphatic heterocycles. The minimum atomic E-state index is -0.351. The predicted molar refractivity (Wildman–Crippen MR) is 95.6 cm³/mol. The average Bonchev–Trinajstić information content (AvgIpc) is 3.07. The van der Waals surface area contributed by atoms with E-state index in [4.69, 9.17) is 0 Å². The van der Waals surface area contributed by atoms with Crippen LogP contribution in [0.5, 0.6) is 0 Å². The molecule has 0 unspecified atom stereocenters. The van der Waals surface area contributed by atoms with Crippen molar-refractivity contribution in [2.24, 2.45) is 7.05 Å². The molecule has 2 heterocycles. The number of hydrogen-bond acceptors (Lipinski definition) is 4. The van der Waals surface area contributed by atoms with Crippen molar-refractivity contribution in [2.75, 3.05) is 0 Å². The van der Waals surface area contributed by atoms with Gasteiger partial charge in [-0.3, -0.25) is 4.79 Å². The van der Waals surface area contributed by atoms with E-state index in [1.165, 1.54) is 12.4 Å². The summed E-state index contributed by atoms with van der Waals surface area (Å²) in [5.41, 5.74) is 2.22. The molecule has 134 valence electrons. The first-order chi connectivity index (χ1) is 12.5. The van der Waals surface area contributed by atoms with Crippen LogP contribution in [-0.4, -0.2) is 36.4 Å². The lowest BCUT2D eigenvalue weighted by Gasteiger charge is -2.26. The Kier molecular flexibility index (Phi) is 5.06. The van der Waals surface area contributed by atoms with Gasteiger partial charge in [0.05, 0.1) is 6.33 Å². The summed E-state index contributed by atoms with van der Waals surface area (Å²) in [6, 6.07) is 4.79. The van der Waals surface area contributed by atoms with E-state index in [0.717, 1.165) is 5.56 Å². The van der Waals surface area contributed by atoms with E-state index in [2.05, 4.69) is 15.0 Å². The third kappa shape index (κ3) is 3.77. The van der Waals surface area contributed by atoms with Gasteiger partial charge in [-0.1, -0.05) is 6.07 Å². The summed E-state index contributed by atoms with van der Waals surface area (Å²) in [5, 5.41) is 0. The highest BCUT2D eigenvalue weighted by Gasteiger charge is 2.21. The lowest BCUT2D eigenvalue weighted by Crippen LogP contribution is -2.36. The van der Waals surface area contributed by atoms with Crippen LogP contribution in [0.4, 0.5) is 4.39 Å². The van der Waals surface area contributed by atoms with Gasteiger partial charge < -0.3 is 9.47 Å². The van der Waals surface area contributed by atoms with Gasteiger partial charge in [-0.05, 0) is 31.5 Å². The number of carbonyl (C=O) groups excluding carboxylic acids is 1. The van der Waals surface area contributed by atoms with E-state index in [0.29, 0.717) is 23.4 Å². The zero-order valence-electron chi connectivity index (χ0n) is 14.9. The number of rotatable bonds is 5. The van der Waals surface area contributed by atoms with Crippen molar-refractivity contribution in [2.45, 2.75) is 26.4 Å². The van der Waals surface area contributed by atoms with Crippen molar-refractivity contribution in [1.82, 2.24) is 24.4 Å².